The Morgan fingerprint density at radius 2 is 1.37 bits per heavy atom. The van der Waals surface area contributed by atoms with Crippen LogP contribution in [0.1, 0.15) is 33.1 Å². The molecule has 0 atom stereocenters. The Bertz CT molecular complexity index is 862. The number of amides is 1. The quantitative estimate of drug-likeness (QED) is 0.743. The topological polar surface area (TPSA) is 32.3 Å². The van der Waals surface area contributed by atoms with Crippen LogP contribution in [0.3, 0.4) is 0 Å². The lowest BCUT2D eigenvalue weighted by Crippen LogP contribution is -2.60. The van der Waals surface area contributed by atoms with Crippen LogP contribution in [0.15, 0.2) is 84.9 Å². The van der Waals surface area contributed by atoms with E-state index in [9.17, 15) is 4.79 Å². The third kappa shape index (κ3) is 3.79. The maximum absolute atomic E-state index is 12.6. The first-order chi connectivity index (χ1) is 13.2. The Morgan fingerprint density at radius 3 is 1.93 bits per heavy atom. The molecule has 0 bridgehead atoms. The summed E-state index contributed by atoms with van der Waals surface area (Å²) in [6.07, 6.45) is 0. The molecule has 0 spiro atoms. The van der Waals surface area contributed by atoms with Gasteiger partial charge in [-0.05, 0) is 29.7 Å². The van der Waals surface area contributed by atoms with Crippen LogP contribution in [0, 0.1) is 6.92 Å². The Balaban J connectivity index is 1.46. The minimum absolute atomic E-state index is 0.0220. The van der Waals surface area contributed by atoms with Crippen LogP contribution in [-0.4, -0.2) is 29.9 Å². The summed E-state index contributed by atoms with van der Waals surface area (Å²) in [7, 11) is 0. The van der Waals surface area contributed by atoms with Crippen LogP contribution >= 0.6 is 0 Å². The predicted octanol–water partition coefficient (Wildman–Crippen LogP) is 4.20. The summed E-state index contributed by atoms with van der Waals surface area (Å²) < 4.78 is 0. The number of nitrogens with one attached hydrogen (secondary N) is 1. The Morgan fingerprint density at radius 1 is 0.852 bits per heavy atom. The van der Waals surface area contributed by atoms with Crippen LogP contribution in [-0.2, 0) is 0 Å². The third-order valence-corrected chi connectivity index (χ3v) is 5.23. The van der Waals surface area contributed by atoms with E-state index in [-0.39, 0.29) is 18.0 Å². The zero-order chi connectivity index (χ0) is 18.6. The molecule has 0 radical (unpaired) electrons. The number of carbonyl (C=O) groups excluding carboxylic acids is 1. The molecule has 3 nitrogen and oxygen atoms in total. The lowest BCUT2D eigenvalue weighted by Gasteiger charge is -2.45. The van der Waals surface area contributed by atoms with Crippen molar-refractivity contribution in [3.8, 4) is 0 Å². The summed E-state index contributed by atoms with van der Waals surface area (Å²) >= 11 is 0. The molecule has 1 aliphatic rings. The average Bonchev–Trinajstić information content (AvgIpc) is 2.68. The van der Waals surface area contributed by atoms with Crippen molar-refractivity contribution in [1.82, 2.24) is 10.2 Å². The number of rotatable bonds is 5. The number of hydrogen-bond donors (Lipinski definition) is 1. The number of nitrogens with zero attached hydrogens (tertiary/aromatic N) is 1. The molecule has 0 saturated carbocycles. The van der Waals surface area contributed by atoms with Gasteiger partial charge >= 0.3 is 0 Å². The summed E-state index contributed by atoms with van der Waals surface area (Å²) in [6, 6.07) is 29.3. The van der Waals surface area contributed by atoms with Gasteiger partial charge in [0.2, 0.25) is 0 Å². The normalized spacial score (nSPS) is 14.7. The monoisotopic (exact) mass is 356 g/mol. The van der Waals surface area contributed by atoms with Gasteiger partial charge in [0.1, 0.15) is 0 Å². The molecule has 1 saturated heterocycles. The van der Waals surface area contributed by atoms with Gasteiger partial charge in [0.25, 0.3) is 5.91 Å². The fraction of sp³-hybridized carbons (Fsp3) is 0.208. The molecule has 3 heteroatoms. The van der Waals surface area contributed by atoms with Gasteiger partial charge in [-0.15, -0.1) is 0 Å². The van der Waals surface area contributed by atoms with Gasteiger partial charge in [-0.2, -0.15) is 0 Å². The van der Waals surface area contributed by atoms with Crippen molar-refractivity contribution < 1.29 is 4.79 Å². The molecule has 1 aliphatic heterocycles. The maximum atomic E-state index is 12.6. The van der Waals surface area contributed by atoms with Crippen LogP contribution in [0.5, 0.6) is 0 Å². The smallest absolute Gasteiger partial charge is 0.251 e. The van der Waals surface area contributed by atoms with Gasteiger partial charge in [0, 0.05) is 18.7 Å². The molecule has 0 aromatic heterocycles. The zero-order valence-corrected chi connectivity index (χ0v) is 15.5. The molecule has 4 rings (SSSR count). The van der Waals surface area contributed by atoms with Crippen LogP contribution < -0.4 is 5.32 Å². The molecule has 1 heterocycles. The Hall–Kier alpha value is -2.91. The van der Waals surface area contributed by atoms with E-state index in [0.29, 0.717) is 0 Å². The van der Waals surface area contributed by atoms with E-state index in [1.807, 2.05) is 43.3 Å². The van der Waals surface area contributed by atoms with E-state index >= 15 is 0 Å². The van der Waals surface area contributed by atoms with E-state index in [1.165, 1.54) is 11.1 Å². The van der Waals surface area contributed by atoms with Crippen LogP contribution in [0.4, 0.5) is 0 Å². The van der Waals surface area contributed by atoms with Gasteiger partial charge in [-0.25, -0.2) is 0 Å². The summed E-state index contributed by atoms with van der Waals surface area (Å²) in [4.78, 5) is 15.0. The highest BCUT2D eigenvalue weighted by Crippen LogP contribution is 2.32. The molecule has 0 aliphatic carbocycles. The minimum Gasteiger partial charge on any atom is -0.347 e. The fourth-order valence-corrected chi connectivity index (χ4v) is 3.79. The summed E-state index contributed by atoms with van der Waals surface area (Å²) in [6.45, 7) is 3.68. The fourth-order valence-electron chi connectivity index (χ4n) is 3.79. The van der Waals surface area contributed by atoms with Crippen molar-refractivity contribution in [2.75, 3.05) is 13.1 Å². The molecule has 1 fully saturated rings. The van der Waals surface area contributed by atoms with Crippen molar-refractivity contribution in [3.05, 3.63) is 107 Å². The maximum Gasteiger partial charge on any atom is 0.251 e. The van der Waals surface area contributed by atoms with Crippen molar-refractivity contribution in [3.63, 3.8) is 0 Å². The standard InChI is InChI=1S/C24H24N2O/c1-18-10-8-9-15-22(18)24(27)25-21-16-26(17-21)23(19-11-4-2-5-12-19)20-13-6-3-7-14-20/h2-15,21,23H,16-17H2,1H3,(H,25,27). The van der Waals surface area contributed by atoms with E-state index in [1.54, 1.807) is 0 Å². The van der Waals surface area contributed by atoms with E-state index < -0.39 is 0 Å². The highest BCUT2D eigenvalue weighted by molar-refractivity contribution is 5.95. The van der Waals surface area contributed by atoms with E-state index in [2.05, 4.69) is 58.7 Å². The minimum atomic E-state index is 0.0220. The van der Waals surface area contributed by atoms with Crippen LogP contribution in [0.25, 0.3) is 0 Å². The molecule has 0 unspecified atom stereocenters. The molecule has 1 amide bonds. The van der Waals surface area contributed by atoms with Gasteiger partial charge in [0.05, 0.1) is 12.1 Å². The second kappa shape index (κ2) is 7.77. The molecule has 3 aromatic rings. The number of aryl methyl sites for hydroxylation is 1. The predicted molar refractivity (Wildman–Crippen MR) is 109 cm³/mol. The average molecular weight is 356 g/mol. The lowest BCUT2D eigenvalue weighted by molar-refractivity contribution is 0.0718. The number of hydrogen-bond acceptors (Lipinski definition) is 2. The number of benzene rings is 3. The van der Waals surface area contributed by atoms with Gasteiger partial charge in [-0.3, -0.25) is 9.69 Å². The summed E-state index contributed by atoms with van der Waals surface area (Å²) in [5, 5.41) is 3.18. The summed E-state index contributed by atoms with van der Waals surface area (Å²) in [5.41, 5.74) is 4.34. The molecule has 27 heavy (non-hydrogen) atoms. The highest BCUT2D eigenvalue weighted by atomic mass is 16.1. The molecular formula is C24H24N2O. The second-order valence-corrected chi connectivity index (χ2v) is 7.16. The first kappa shape index (κ1) is 17.5. The highest BCUT2D eigenvalue weighted by Gasteiger charge is 2.34. The first-order valence-corrected chi connectivity index (χ1v) is 9.43. The van der Waals surface area contributed by atoms with E-state index in [4.69, 9.17) is 0 Å². The Labute approximate surface area is 160 Å². The molecular weight excluding hydrogens is 332 g/mol. The lowest BCUT2D eigenvalue weighted by atomic mass is 9.93. The Kier molecular flexibility index (Phi) is 5.03. The van der Waals surface area contributed by atoms with Crippen molar-refractivity contribution in [2.24, 2.45) is 0 Å². The van der Waals surface area contributed by atoms with Gasteiger partial charge in [0.15, 0.2) is 0 Å². The van der Waals surface area contributed by atoms with E-state index in [0.717, 1.165) is 24.2 Å². The van der Waals surface area contributed by atoms with Gasteiger partial charge < -0.3 is 5.32 Å². The zero-order valence-electron chi connectivity index (χ0n) is 15.5. The van der Waals surface area contributed by atoms with Crippen molar-refractivity contribution in [2.45, 2.75) is 19.0 Å². The first-order valence-electron chi connectivity index (χ1n) is 9.43. The summed E-state index contributed by atoms with van der Waals surface area (Å²) in [5.74, 6) is 0.0220. The van der Waals surface area contributed by atoms with Crippen molar-refractivity contribution in [1.29, 1.82) is 0 Å². The SMILES string of the molecule is Cc1ccccc1C(=O)NC1CN(C(c2ccccc2)c2ccccc2)C1. The van der Waals surface area contributed by atoms with Crippen molar-refractivity contribution >= 4 is 5.91 Å². The number of carbonyl (C=O) groups is 1. The van der Waals surface area contributed by atoms with Gasteiger partial charge in [-0.1, -0.05) is 78.9 Å². The second-order valence-electron chi connectivity index (χ2n) is 7.16. The molecule has 3 aromatic carbocycles. The third-order valence-electron chi connectivity index (χ3n) is 5.23. The van der Waals surface area contributed by atoms with Crippen LogP contribution in [0.2, 0.25) is 0 Å². The molecule has 1 N–H and O–H groups in total. The molecule has 136 valence electrons. The largest absolute Gasteiger partial charge is 0.347 e. The number of likely N-dealkylation sites (tertiary alicyclic amines) is 1.